The summed E-state index contributed by atoms with van der Waals surface area (Å²) in [6.07, 6.45) is 9.05. The number of unbranched alkanes of at least 4 members (excludes halogenated alkanes) is 2. The summed E-state index contributed by atoms with van der Waals surface area (Å²) in [6.45, 7) is 23.4. The van der Waals surface area contributed by atoms with Gasteiger partial charge in [-0.3, -0.25) is 9.59 Å². The second-order valence-electron chi connectivity index (χ2n) is 13.6. The van der Waals surface area contributed by atoms with Crippen molar-refractivity contribution in [3.8, 4) is 0 Å². The van der Waals surface area contributed by atoms with Crippen molar-refractivity contribution >= 4 is 11.6 Å². The highest BCUT2D eigenvalue weighted by Gasteiger charge is 2.39. The molecule has 0 bridgehead atoms. The summed E-state index contributed by atoms with van der Waals surface area (Å²) < 4.78 is 12.3. The van der Waals surface area contributed by atoms with Crippen LogP contribution in [0, 0.1) is 10.8 Å². The Balaban J connectivity index is 4.15. The minimum atomic E-state index is -0.745. The number of Topliss-reactive ketones (excluding diaryl/α,β-unsaturated/α-hetero) is 2. The monoisotopic (exact) mass is 497 g/mol. The third-order valence-electron chi connectivity index (χ3n) is 6.49. The SMILES string of the molecule is CC(C)(C)CCCC(=O)CCCOC(C)(OCCCC(=O)CCCCCNC(C)(C)C)C(C)(C)C. The molecule has 0 saturated heterocycles. The summed E-state index contributed by atoms with van der Waals surface area (Å²) in [5, 5.41) is 3.48. The Kier molecular flexibility index (Phi) is 15.8. The van der Waals surface area contributed by atoms with Gasteiger partial charge in [-0.2, -0.15) is 0 Å². The van der Waals surface area contributed by atoms with Crippen LogP contribution in [0.5, 0.6) is 0 Å². The first-order chi connectivity index (χ1) is 16.0. The Morgan fingerprint density at radius 1 is 0.600 bits per heavy atom. The van der Waals surface area contributed by atoms with Gasteiger partial charge in [-0.05, 0) is 78.2 Å². The van der Waals surface area contributed by atoms with Crippen molar-refractivity contribution in [3.05, 3.63) is 0 Å². The van der Waals surface area contributed by atoms with Crippen molar-refractivity contribution in [2.24, 2.45) is 10.8 Å². The molecule has 0 amide bonds. The number of ether oxygens (including phenoxy) is 2. The molecule has 0 aromatic carbocycles. The second-order valence-corrected chi connectivity index (χ2v) is 13.6. The van der Waals surface area contributed by atoms with Gasteiger partial charge in [-0.1, -0.05) is 48.0 Å². The molecule has 0 aromatic heterocycles. The van der Waals surface area contributed by atoms with E-state index in [1.54, 1.807) is 0 Å². The highest BCUT2D eigenvalue weighted by Crippen LogP contribution is 2.35. The van der Waals surface area contributed by atoms with Gasteiger partial charge in [0.2, 0.25) is 0 Å². The van der Waals surface area contributed by atoms with E-state index in [4.69, 9.17) is 9.47 Å². The summed E-state index contributed by atoms with van der Waals surface area (Å²) >= 11 is 0. The lowest BCUT2D eigenvalue weighted by Gasteiger charge is -2.41. The fraction of sp³-hybridized carbons (Fsp3) is 0.933. The minimum Gasteiger partial charge on any atom is -0.350 e. The molecule has 5 nitrogen and oxygen atoms in total. The molecule has 0 radical (unpaired) electrons. The lowest BCUT2D eigenvalue weighted by Crippen LogP contribution is -2.45. The van der Waals surface area contributed by atoms with Crippen LogP contribution in [-0.4, -0.2) is 42.7 Å². The van der Waals surface area contributed by atoms with Crippen molar-refractivity contribution < 1.29 is 19.1 Å². The van der Waals surface area contributed by atoms with E-state index >= 15 is 0 Å². The quantitative estimate of drug-likeness (QED) is 0.147. The fourth-order valence-electron chi connectivity index (χ4n) is 3.70. The van der Waals surface area contributed by atoms with Gasteiger partial charge in [0.15, 0.2) is 5.79 Å². The maximum atomic E-state index is 12.2. The summed E-state index contributed by atoms with van der Waals surface area (Å²) in [5.41, 5.74) is 0.225. The minimum absolute atomic E-state index is 0.157. The molecule has 1 atom stereocenters. The molecule has 0 aromatic rings. The molecule has 208 valence electrons. The smallest absolute Gasteiger partial charge is 0.170 e. The summed E-state index contributed by atoms with van der Waals surface area (Å²) in [6, 6.07) is 0. The van der Waals surface area contributed by atoms with E-state index in [1.807, 2.05) is 6.92 Å². The van der Waals surface area contributed by atoms with E-state index in [2.05, 4.69) is 67.6 Å². The Hall–Kier alpha value is -0.780. The summed E-state index contributed by atoms with van der Waals surface area (Å²) in [7, 11) is 0. The second kappa shape index (κ2) is 16.1. The van der Waals surface area contributed by atoms with E-state index in [-0.39, 0.29) is 16.4 Å². The van der Waals surface area contributed by atoms with Crippen LogP contribution in [0.15, 0.2) is 0 Å². The molecular formula is C30H59NO4. The average Bonchev–Trinajstić information content (AvgIpc) is 2.68. The molecule has 0 aliphatic rings. The van der Waals surface area contributed by atoms with Gasteiger partial charge in [0.25, 0.3) is 0 Å². The molecule has 0 spiro atoms. The Morgan fingerprint density at radius 2 is 1.06 bits per heavy atom. The normalized spacial score (nSPS) is 14.7. The Morgan fingerprint density at radius 3 is 1.49 bits per heavy atom. The topological polar surface area (TPSA) is 64.6 Å². The van der Waals surface area contributed by atoms with Gasteiger partial charge < -0.3 is 14.8 Å². The molecule has 0 saturated carbocycles. The largest absolute Gasteiger partial charge is 0.350 e. The molecule has 0 heterocycles. The van der Waals surface area contributed by atoms with Gasteiger partial charge in [0.05, 0.1) is 13.2 Å². The molecule has 0 rings (SSSR count). The molecule has 0 fully saturated rings. The molecule has 1 N–H and O–H groups in total. The number of carbonyl (C=O) groups excluding carboxylic acids is 2. The molecule has 35 heavy (non-hydrogen) atoms. The van der Waals surface area contributed by atoms with Crippen molar-refractivity contribution in [1.29, 1.82) is 0 Å². The number of nitrogens with one attached hydrogen (secondary N) is 1. The average molecular weight is 498 g/mol. The summed E-state index contributed by atoms with van der Waals surface area (Å²) in [5.74, 6) is -0.105. The van der Waals surface area contributed by atoms with Gasteiger partial charge in [0.1, 0.15) is 11.6 Å². The van der Waals surface area contributed by atoms with Crippen LogP contribution in [0.1, 0.15) is 140 Å². The van der Waals surface area contributed by atoms with Crippen LogP contribution in [0.3, 0.4) is 0 Å². The van der Waals surface area contributed by atoms with Crippen LogP contribution >= 0.6 is 0 Å². The molecular weight excluding hydrogens is 438 g/mol. The predicted octanol–water partition coefficient (Wildman–Crippen LogP) is 7.65. The van der Waals surface area contributed by atoms with E-state index in [9.17, 15) is 9.59 Å². The zero-order valence-electron chi connectivity index (χ0n) is 25.0. The first-order valence-electron chi connectivity index (χ1n) is 14.0. The maximum absolute atomic E-state index is 12.2. The van der Waals surface area contributed by atoms with Gasteiger partial charge in [0, 0.05) is 36.6 Å². The zero-order chi connectivity index (χ0) is 27.2. The van der Waals surface area contributed by atoms with Crippen molar-refractivity contribution in [1.82, 2.24) is 5.32 Å². The first-order valence-corrected chi connectivity index (χ1v) is 14.0. The van der Waals surface area contributed by atoms with Crippen LogP contribution < -0.4 is 5.32 Å². The predicted molar refractivity (Wildman–Crippen MR) is 148 cm³/mol. The number of ketones is 2. The molecule has 0 aliphatic carbocycles. The van der Waals surface area contributed by atoms with E-state index in [1.165, 1.54) is 0 Å². The highest BCUT2D eigenvalue weighted by atomic mass is 16.7. The number of hydrogen-bond acceptors (Lipinski definition) is 5. The number of hydrogen-bond donors (Lipinski definition) is 1. The molecule has 5 heteroatoms. The van der Waals surface area contributed by atoms with E-state index in [0.717, 1.165) is 38.6 Å². The molecule has 0 aliphatic heterocycles. The van der Waals surface area contributed by atoms with Crippen molar-refractivity contribution in [3.63, 3.8) is 0 Å². The third-order valence-corrected chi connectivity index (χ3v) is 6.49. The van der Waals surface area contributed by atoms with Gasteiger partial charge in [-0.25, -0.2) is 0 Å². The van der Waals surface area contributed by atoms with E-state index in [0.29, 0.717) is 63.3 Å². The number of carbonyl (C=O) groups is 2. The van der Waals surface area contributed by atoms with Crippen LogP contribution in [0.25, 0.3) is 0 Å². The van der Waals surface area contributed by atoms with Crippen LogP contribution in [0.4, 0.5) is 0 Å². The standard InChI is InChI=1S/C30H59NO4/c1-27(2,3)21-14-18-26(33)20-16-24-35-30(10,28(4,5)6)34-23-15-19-25(32)17-12-11-13-22-31-29(7,8)9/h31H,11-24H2,1-10H3. The first kappa shape index (κ1) is 34.2. The zero-order valence-corrected chi connectivity index (χ0v) is 25.0. The Labute approximate surface area is 217 Å². The van der Waals surface area contributed by atoms with Crippen LogP contribution in [-0.2, 0) is 19.1 Å². The third kappa shape index (κ3) is 19.1. The van der Waals surface area contributed by atoms with Crippen molar-refractivity contribution in [2.45, 2.75) is 151 Å². The van der Waals surface area contributed by atoms with Gasteiger partial charge in [-0.15, -0.1) is 0 Å². The van der Waals surface area contributed by atoms with Crippen LogP contribution in [0.2, 0.25) is 0 Å². The lowest BCUT2D eigenvalue weighted by molar-refractivity contribution is -0.278. The fourth-order valence-corrected chi connectivity index (χ4v) is 3.70. The highest BCUT2D eigenvalue weighted by molar-refractivity contribution is 5.78. The van der Waals surface area contributed by atoms with Crippen molar-refractivity contribution in [2.75, 3.05) is 19.8 Å². The lowest BCUT2D eigenvalue weighted by atomic mass is 9.86. The Bertz CT molecular complexity index is 595. The maximum Gasteiger partial charge on any atom is 0.170 e. The van der Waals surface area contributed by atoms with Gasteiger partial charge >= 0.3 is 0 Å². The summed E-state index contributed by atoms with van der Waals surface area (Å²) in [4.78, 5) is 24.4. The number of rotatable bonds is 19. The molecule has 1 unspecified atom stereocenters. The van der Waals surface area contributed by atoms with E-state index < -0.39 is 5.79 Å².